The SMILES string of the molecule is CC1(C)OB(c2ccc3sccc3c2)OC1(C)C.O=[N+]([O-])c1ccccc1-c1ccc2sccc2c1.O=[N+]([O-])c1ccccc1Br. The largest absolute Gasteiger partial charge is 0.494 e. The van der Waals surface area contributed by atoms with Crippen molar-refractivity contribution in [3.63, 3.8) is 0 Å². The van der Waals surface area contributed by atoms with Crippen molar-refractivity contribution in [3.05, 3.63) is 133 Å². The average molecular weight is 717 g/mol. The molecule has 1 saturated heterocycles. The van der Waals surface area contributed by atoms with Gasteiger partial charge in [0.25, 0.3) is 11.4 Å². The van der Waals surface area contributed by atoms with Crippen molar-refractivity contribution >= 4 is 82.7 Å². The standard InChI is InChI=1S/C14H17BO2S.C14H9NO2S.C6H4BrNO2/c1-13(2)14(3,4)17-15(16-13)11-5-6-12-10(9-11)7-8-18-12;16-15(17)13-4-2-1-3-12(13)10-5-6-14-11(9-10)7-8-18-14;7-5-3-1-2-4-6(5)8(9)10/h5-9H,1-4H3;1-9H;1-4H. The van der Waals surface area contributed by atoms with Crippen molar-refractivity contribution in [2.24, 2.45) is 0 Å². The van der Waals surface area contributed by atoms with Gasteiger partial charge in [-0.25, -0.2) is 0 Å². The Balaban J connectivity index is 0.000000142. The van der Waals surface area contributed by atoms with E-state index in [1.807, 2.05) is 35.7 Å². The van der Waals surface area contributed by atoms with E-state index in [9.17, 15) is 20.2 Å². The van der Waals surface area contributed by atoms with Gasteiger partial charge in [-0.05, 0) is 119 Å². The molecule has 6 aromatic rings. The van der Waals surface area contributed by atoms with Gasteiger partial charge in [0.05, 0.1) is 31.1 Å². The fourth-order valence-corrected chi connectivity index (χ4v) is 6.69. The fraction of sp³-hybridized carbons (Fsp3) is 0.176. The Morgan fingerprint density at radius 3 is 1.76 bits per heavy atom. The predicted molar refractivity (Wildman–Crippen MR) is 192 cm³/mol. The number of hydrogen-bond acceptors (Lipinski definition) is 8. The van der Waals surface area contributed by atoms with E-state index in [0.29, 0.717) is 10.0 Å². The van der Waals surface area contributed by atoms with Crippen LogP contribution in [0, 0.1) is 20.2 Å². The summed E-state index contributed by atoms with van der Waals surface area (Å²) in [5, 5.41) is 27.7. The molecule has 1 aliphatic heterocycles. The second-order valence-electron chi connectivity index (χ2n) is 11.5. The summed E-state index contributed by atoms with van der Waals surface area (Å²) >= 11 is 6.48. The Bertz CT molecular complexity index is 2010. The maximum absolute atomic E-state index is 11.0. The molecular formula is C34H30BBrN2O6S2. The number of nitrogens with zero attached hydrogens (tertiary/aromatic N) is 2. The van der Waals surface area contributed by atoms with Crippen molar-refractivity contribution in [1.82, 2.24) is 0 Å². The number of nitro groups is 2. The summed E-state index contributed by atoms with van der Waals surface area (Å²) in [6, 6.07) is 29.8. The second kappa shape index (κ2) is 13.8. The van der Waals surface area contributed by atoms with Crippen LogP contribution >= 0.6 is 38.6 Å². The van der Waals surface area contributed by atoms with Crippen molar-refractivity contribution in [1.29, 1.82) is 0 Å². The number of para-hydroxylation sites is 2. The summed E-state index contributed by atoms with van der Waals surface area (Å²) in [7, 11) is -0.265. The number of halogens is 1. The Labute approximate surface area is 283 Å². The summed E-state index contributed by atoms with van der Waals surface area (Å²) in [4.78, 5) is 20.4. The molecule has 1 fully saturated rings. The fourth-order valence-electron chi connectivity index (χ4n) is 4.72. The van der Waals surface area contributed by atoms with Crippen molar-refractivity contribution in [3.8, 4) is 11.1 Å². The highest BCUT2D eigenvalue weighted by Gasteiger charge is 2.51. The molecule has 0 bridgehead atoms. The maximum Gasteiger partial charge on any atom is 0.494 e. The monoisotopic (exact) mass is 716 g/mol. The first kappa shape index (κ1) is 33.4. The number of fused-ring (bicyclic) bond motifs is 2. The average Bonchev–Trinajstić information content (AvgIpc) is 3.74. The van der Waals surface area contributed by atoms with Crippen LogP contribution in [0.25, 0.3) is 31.3 Å². The minimum Gasteiger partial charge on any atom is -0.399 e. The number of rotatable bonds is 4. The van der Waals surface area contributed by atoms with Gasteiger partial charge < -0.3 is 9.31 Å². The van der Waals surface area contributed by atoms with Gasteiger partial charge >= 0.3 is 7.12 Å². The number of benzene rings is 4. The number of hydrogen-bond donors (Lipinski definition) is 0. The summed E-state index contributed by atoms with van der Waals surface area (Å²) in [5.41, 5.74) is 2.33. The van der Waals surface area contributed by atoms with E-state index in [2.05, 4.69) is 73.3 Å². The molecule has 7 rings (SSSR count). The topological polar surface area (TPSA) is 105 Å². The highest BCUT2D eigenvalue weighted by atomic mass is 79.9. The summed E-state index contributed by atoms with van der Waals surface area (Å²) < 4.78 is 15.1. The molecule has 2 aromatic heterocycles. The van der Waals surface area contributed by atoms with E-state index in [-0.39, 0.29) is 34.6 Å². The summed E-state index contributed by atoms with van der Waals surface area (Å²) in [6.45, 7) is 8.32. The van der Waals surface area contributed by atoms with Crippen LogP contribution in [0.2, 0.25) is 0 Å². The van der Waals surface area contributed by atoms with Gasteiger partial charge in [0.2, 0.25) is 0 Å². The van der Waals surface area contributed by atoms with Crippen LogP contribution in [0.5, 0.6) is 0 Å². The molecule has 0 radical (unpaired) electrons. The highest BCUT2D eigenvalue weighted by molar-refractivity contribution is 9.10. The first-order valence-electron chi connectivity index (χ1n) is 14.3. The third kappa shape index (κ3) is 7.37. The van der Waals surface area contributed by atoms with Crippen molar-refractivity contribution in [2.45, 2.75) is 38.9 Å². The lowest BCUT2D eigenvalue weighted by atomic mass is 9.79. The lowest BCUT2D eigenvalue weighted by molar-refractivity contribution is -0.385. The Morgan fingerprint density at radius 1 is 0.674 bits per heavy atom. The molecule has 0 N–H and O–H groups in total. The summed E-state index contributed by atoms with van der Waals surface area (Å²) in [5.74, 6) is 0. The van der Waals surface area contributed by atoms with E-state index in [4.69, 9.17) is 9.31 Å². The molecule has 0 saturated carbocycles. The molecule has 4 aromatic carbocycles. The highest BCUT2D eigenvalue weighted by Crippen LogP contribution is 2.37. The van der Waals surface area contributed by atoms with Gasteiger partial charge in [0, 0.05) is 21.5 Å². The molecule has 46 heavy (non-hydrogen) atoms. The Morgan fingerprint density at radius 2 is 1.20 bits per heavy atom. The lowest BCUT2D eigenvalue weighted by Crippen LogP contribution is -2.41. The predicted octanol–water partition coefficient (Wildman–Crippen LogP) is 10.0. The molecule has 0 atom stereocenters. The molecule has 0 unspecified atom stereocenters. The maximum atomic E-state index is 11.0. The van der Waals surface area contributed by atoms with E-state index in [0.717, 1.165) is 16.4 Å². The van der Waals surface area contributed by atoms with Crippen LogP contribution in [0.15, 0.2) is 112 Å². The normalized spacial score (nSPS) is 14.7. The zero-order valence-corrected chi connectivity index (χ0v) is 28.7. The first-order valence-corrected chi connectivity index (χ1v) is 16.8. The van der Waals surface area contributed by atoms with Gasteiger partial charge in [-0.3, -0.25) is 20.2 Å². The van der Waals surface area contributed by atoms with E-state index < -0.39 is 4.92 Å². The number of thiophene rings is 2. The lowest BCUT2D eigenvalue weighted by Gasteiger charge is -2.32. The van der Waals surface area contributed by atoms with E-state index in [1.54, 1.807) is 53.0 Å². The van der Waals surface area contributed by atoms with Gasteiger partial charge in [-0.2, -0.15) is 0 Å². The molecule has 12 heteroatoms. The van der Waals surface area contributed by atoms with Gasteiger partial charge in [0.15, 0.2) is 0 Å². The van der Waals surface area contributed by atoms with Gasteiger partial charge in [-0.15, -0.1) is 22.7 Å². The third-order valence-corrected chi connectivity index (χ3v) is 10.4. The molecule has 0 aliphatic carbocycles. The Kier molecular flexibility index (Phi) is 10.0. The van der Waals surface area contributed by atoms with Crippen molar-refractivity contribution < 1.29 is 19.2 Å². The van der Waals surface area contributed by atoms with Crippen LogP contribution < -0.4 is 5.46 Å². The molecule has 0 spiro atoms. The third-order valence-electron chi connectivity index (χ3n) is 7.92. The van der Waals surface area contributed by atoms with Crippen LogP contribution in [0.4, 0.5) is 11.4 Å². The van der Waals surface area contributed by atoms with Crippen molar-refractivity contribution in [2.75, 3.05) is 0 Å². The molecular weight excluding hydrogens is 687 g/mol. The Hall–Kier alpha value is -3.94. The van der Waals surface area contributed by atoms with Crippen LogP contribution in [0.1, 0.15) is 27.7 Å². The molecule has 234 valence electrons. The minimum atomic E-state index is -0.427. The van der Waals surface area contributed by atoms with Crippen LogP contribution in [-0.4, -0.2) is 28.2 Å². The van der Waals surface area contributed by atoms with E-state index >= 15 is 0 Å². The van der Waals surface area contributed by atoms with E-state index in [1.165, 1.54) is 26.9 Å². The van der Waals surface area contributed by atoms with Crippen LogP contribution in [0.3, 0.4) is 0 Å². The molecule has 0 amide bonds. The van der Waals surface area contributed by atoms with Gasteiger partial charge in [0.1, 0.15) is 0 Å². The molecule has 1 aliphatic rings. The molecule has 8 nitrogen and oxygen atoms in total. The summed E-state index contributed by atoms with van der Waals surface area (Å²) in [6.07, 6.45) is 0. The zero-order chi connectivity index (χ0) is 33.1. The quantitative estimate of drug-likeness (QED) is 0.102. The first-order chi connectivity index (χ1) is 21.9. The van der Waals surface area contributed by atoms with Crippen LogP contribution in [-0.2, 0) is 9.31 Å². The minimum absolute atomic E-state index is 0.0995. The molecule has 3 heterocycles. The smallest absolute Gasteiger partial charge is 0.399 e. The zero-order valence-electron chi connectivity index (χ0n) is 25.5. The second-order valence-corrected chi connectivity index (χ2v) is 14.2. The van der Waals surface area contributed by atoms with Gasteiger partial charge in [-0.1, -0.05) is 42.5 Å². The number of nitro benzene ring substituents is 2.